The molecule has 0 radical (unpaired) electrons. The maximum absolute atomic E-state index is 12.2. The van der Waals surface area contributed by atoms with Crippen LogP contribution in [0.25, 0.3) is 0 Å². The Hall–Kier alpha value is -0.790. The molecule has 0 unspecified atom stereocenters. The lowest BCUT2D eigenvalue weighted by Gasteiger charge is -2.09. The third-order valence-electron chi connectivity index (χ3n) is 2.35. The van der Waals surface area contributed by atoms with Crippen molar-refractivity contribution >= 4 is 44.8 Å². The van der Waals surface area contributed by atoms with E-state index in [1.54, 1.807) is 13.0 Å². The Kier molecular flexibility index (Phi) is 4.61. The van der Waals surface area contributed by atoms with Gasteiger partial charge in [0.1, 0.15) is 10.7 Å². The summed E-state index contributed by atoms with van der Waals surface area (Å²) in [5.41, 5.74) is 0.451. The summed E-state index contributed by atoms with van der Waals surface area (Å²) in [7, 11) is -3.88. The molecule has 1 aromatic heterocycles. The largest absolute Gasteiger partial charge is 0.361 e. The lowest BCUT2D eigenvalue weighted by atomic mass is 10.4. The third-order valence-corrected chi connectivity index (χ3v) is 4.89. The molecule has 0 spiro atoms. The zero-order chi connectivity index (χ0) is 14.9. The zero-order valence-electron chi connectivity index (χ0n) is 10.2. The standard InChI is InChI=1S/C11H9Cl3N2O3S/c1-6-2-8(16-19-6)5-15-20(17,18)11-9(13)3-7(12)4-10(11)14/h2-4,15H,5H2,1H3. The molecule has 1 heterocycles. The van der Waals surface area contributed by atoms with Crippen molar-refractivity contribution in [1.82, 2.24) is 9.88 Å². The molecule has 1 N–H and O–H groups in total. The molecule has 0 atom stereocenters. The van der Waals surface area contributed by atoms with Gasteiger partial charge in [0, 0.05) is 11.1 Å². The highest BCUT2D eigenvalue weighted by Gasteiger charge is 2.22. The number of nitrogens with one attached hydrogen (secondary N) is 1. The maximum atomic E-state index is 12.2. The fraction of sp³-hybridized carbons (Fsp3) is 0.182. The minimum Gasteiger partial charge on any atom is -0.361 e. The van der Waals surface area contributed by atoms with Crippen molar-refractivity contribution in [2.24, 2.45) is 0 Å². The molecule has 0 aliphatic carbocycles. The van der Waals surface area contributed by atoms with E-state index in [0.717, 1.165) is 0 Å². The first kappa shape index (κ1) is 15.6. The lowest BCUT2D eigenvalue weighted by molar-refractivity contribution is 0.390. The predicted molar refractivity (Wildman–Crippen MR) is 76.7 cm³/mol. The number of aryl methyl sites for hydroxylation is 1. The first-order valence-corrected chi connectivity index (χ1v) is 7.98. The van der Waals surface area contributed by atoms with Crippen molar-refractivity contribution in [3.63, 3.8) is 0 Å². The van der Waals surface area contributed by atoms with Crippen molar-refractivity contribution in [2.45, 2.75) is 18.4 Å². The monoisotopic (exact) mass is 354 g/mol. The Morgan fingerprint density at radius 3 is 2.30 bits per heavy atom. The topological polar surface area (TPSA) is 72.2 Å². The first-order chi connectivity index (χ1) is 9.29. The van der Waals surface area contributed by atoms with Gasteiger partial charge in [0.25, 0.3) is 0 Å². The summed E-state index contributed by atoms with van der Waals surface area (Å²) in [6, 6.07) is 4.24. The van der Waals surface area contributed by atoms with Gasteiger partial charge >= 0.3 is 0 Å². The number of benzene rings is 1. The van der Waals surface area contributed by atoms with Crippen molar-refractivity contribution in [1.29, 1.82) is 0 Å². The van der Waals surface area contributed by atoms with E-state index < -0.39 is 10.0 Å². The number of sulfonamides is 1. The smallest absolute Gasteiger partial charge is 0.243 e. The molecule has 9 heteroatoms. The number of rotatable bonds is 4. The van der Waals surface area contributed by atoms with Gasteiger partial charge in [-0.25, -0.2) is 13.1 Å². The Balaban J connectivity index is 2.27. The Bertz CT molecular complexity index is 720. The van der Waals surface area contributed by atoms with Crippen molar-refractivity contribution in [2.75, 3.05) is 0 Å². The minimum absolute atomic E-state index is 0.0328. The number of aromatic nitrogens is 1. The van der Waals surface area contributed by atoms with Gasteiger partial charge in [-0.2, -0.15) is 0 Å². The molecule has 20 heavy (non-hydrogen) atoms. The summed E-state index contributed by atoms with van der Waals surface area (Å²) >= 11 is 17.5. The molecule has 0 bridgehead atoms. The van der Waals surface area contributed by atoms with Crippen LogP contribution < -0.4 is 4.72 Å². The van der Waals surface area contributed by atoms with E-state index in [1.807, 2.05) is 0 Å². The highest BCUT2D eigenvalue weighted by atomic mass is 35.5. The van der Waals surface area contributed by atoms with Gasteiger partial charge in [-0.05, 0) is 19.1 Å². The first-order valence-electron chi connectivity index (χ1n) is 5.36. The van der Waals surface area contributed by atoms with Crippen molar-refractivity contribution in [3.8, 4) is 0 Å². The summed E-state index contributed by atoms with van der Waals surface area (Å²) in [6.07, 6.45) is 0. The van der Waals surface area contributed by atoms with E-state index in [0.29, 0.717) is 11.5 Å². The summed E-state index contributed by atoms with van der Waals surface area (Å²) in [5.74, 6) is 0.585. The van der Waals surface area contributed by atoms with Gasteiger partial charge < -0.3 is 4.52 Å². The Morgan fingerprint density at radius 1 is 1.20 bits per heavy atom. The number of hydrogen-bond donors (Lipinski definition) is 1. The van der Waals surface area contributed by atoms with E-state index in [-0.39, 0.29) is 26.5 Å². The molecule has 0 aliphatic heterocycles. The SMILES string of the molecule is Cc1cc(CNS(=O)(=O)c2c(Cl)cc(Cl)cc2Cl)no1. The van der Waals surface area contributed by atoms with Gasteiger partial charge in [-0.1, -0.05) is 40.0 Å². The van der Waals surface area contributed by atoms with Crippen LogP contribution in [0.4, 0.5) is 0 Å². The Labute approximate surface area is 130 Å². The average molecular weight is 356 g/mol. The lowest BCUT2D eigenvalue weighted by Crippen LogP contribution is -2.24. The fourth-order valence-corrected chi connectivity index (χ4v) is 4.07. The molecule has 0 amide bonds. The highest BCUT2D eigenvalue weighted by molar-refractivity contribution is 7.89. The number of hydrogen-bond acceptors (Lipinski definition) is 4. The summed E-state index contributed by atoms with van der Waals surface area (Å²) in [5, 5.41) is 3.84. The summed E-state index contributed by atoms with van der Waals surface area (Å²) in [6.45, 7) is 1.67. The quantitative estimate of drug-likeness (QED) is 0.912. The number of nitrogens with zero attached hydrogens (tertiary/aromatic N) is 1. The van der Waals surface area contributed by atoms with E-state index in [2.05, 4.69) is 9.88 Å². The van der Waals surface area contributed by atoms with Gasteiger partial charge in [-0.15, -0.1) is 0 Å². The molecule has 0 fully saturated rings. The molecular weight excluding hydrogens is 347 g/mol. The minimum atomic E-state index is -3.88. The highest BCUT2D eigenvalue weighted by Crippen LogP contribution is 2.32. The van der Waals surface area contributed by atoms with Crippen molar-refractivity contribution in [3.05, 3.63) is 44.7 Å². The van der Waals surface area contributed by atoms with E-state index in [9.17, 15) is 8.42 Å². The third kappa shape index (κ3) is 3.45. The van der Waals surface area contributed by atoms with E-state index in [1.165, 1.54) is 12.1 Å². The average Bonchev–Trinajstić information content (AvgIpc) is 2.71. The van der Waals surface area contributed by atoms with Gasteiger partial charge in [-0.3, -0.25) is 0 Å². The van der Waals surface area contributed by atoms with Crippen LogP contribution in [0, 0.1) is 6.92 Å². The second-order valence-electron chi connectivity index (χ2n) is 3.95. The Morgan fingerprint density at radius 2 is 1.80 bits per heavy atom. The van der Waals surface area contributed by atoms with Crippen molar-refractivity contribution < 1.29 is 12.9 Å². The van der Waals surface area contributed by atoms with Crippen LogP contribution in [-0.2, 0) is 16.6 Å². The van der Waals surface area contributed by atoms with Crippen LogP contribution in [0.15, 0.2) is 27.6 Å². The molecule has 2 rings (SSSR count). The number of halogens is 3. The predicted octanol–water partition coefficient (Wildman–Crippen LogP) is 3.42. The van der Waals surface area contributed by atoms with Gasteiger partial charge in [0.05, 0.1) is 22.3 Å². The zero-order valence-corrected chi connectivity index (χ0v) is 13.2. The fourth-order valence-electron chi connectivity index (χ4n) is 1.53. The second-order valence-corrected chi connectivity index (χ2v) is 6.91. The molecule has 0 saturated heterocycles. The molecule has 2 aromatic rings. The van der Waals surface area contributed by atoms with Gasteiger partial charge in [0.2, 0.25) is 10.0 Å². The van der Waals surface area contributed by atoms with Gasteiger partial charge in [0.15, 0.2) is 0 Å². The summed E-state index contributed by atoms with van der Waals surface area (Å²) in [4.78, 5) is -0.217. The maximum Gasteiger partial charge on any atom is 0.243 e. The summed E-state index contributed by atoms with van der Waals surface area (Å²) < 4.78 is 31.6. The van der Waals surface area contributed by atoms with Crippen LogP contribution in [0.1, 0.15) is 11.5 Å². The molecule has 5 nitrogen and oxygen atoms in total. The van der Waals surface area contributed by atoms with Crippen LogP contribution in [0.5, 0.6) is 0 Å². The molecule has 0 aliphatic rings. The van der Waals surface area contributed by atoms with Crippen LogP contribution in [0.3, 0.4) is 0 Å². The molecule has 1 aromatic carbocycles. The van der Waals surface area contributed by atoms with Crippen LogP contribution in [0.2, 0.25) is 15.1 Å². The molecular formula is C11H9Cl3N2O3S. The van der Waals surface area contributed by atoms with Crippen LogP contribution >= 0.6 is 34.8 Å². The normalized spacial score (nSPS) is 11.8. The molecule has 0 saturated carbocycles. The second kappa shape index (κ2) is 5.91. The molecule has 108 valence electrons. The van der Waals surface area contributed by atoms with Crippen LogP contribution in [-0.4, -0.2) is 13.6 Å². The van der Waals surface area contributed by atoms with E-state index >= 15 is 0 Å². The van der Waals surface area contributed by atoms with E-state index in [4.69, 9.17) is 39.3 Å².